The molecule has 1 aromatic carbocycles. The Labute approximate surface area is 185 Å². The Bertz CT molecular complexity index is 1180. The second-order valence-electron chi connectivity index (χ2n) is 8.02. The Hall–Kier alpha value is -1.85. The molecule has 0 atom stereocenters. The first kappa shape index (κ1) is 21.0. The zero-order valence-corrected chi connectivity index (χ0v) is 19.0. The van der Waals surface area contributed by atoms with Crippen molar-refractivity contribution in [1.29, 1.82) is 0 Å². The Kier molecular flexibility index (Phi) is 5.82. The van der Waals surface area contributed by atoms with Crippen molar-refractivity contribution in [1.82, 2.24) is 19.6 Å². The molecule has 1 aliphatic carbocycles. The smallest absolute Gasteiger partial charge is 0.240 e. The number of hydrogen-bond donors (Lipinski definition) is 1. The molecule has 2 aliphatic rings. The summed E-state index contributed by atoms with van der Waals surface area (Å²) in [6.07, 6.45) is 5.80. The van der Waals surface area contributed by atoms with E-state index in [2.05, 4.69) is 19.6 Å². The van der Waals surface area contributed by atoms with E-state index in [1.165, 1.54) is 24.7 Å². The second-order valence-corrected chi connectivity index (χ2v) is 10.9. The van der Waals surface area contributed by atoms with Gasteiger partial charge in [0.05, 0.1) is 23.5 Å². The van der Waals surface area contributed by atoms with Crippen molar-refractivity contribution in [3.63, 3.8) is 0 Å². The summed E-state index contributed by atoms with van der Waals surface area (Å²) in [5.41, 5.74) is 0. The van der Waals surface area contributed by atoms with E-state index in [1.807, 2.05) is 6.07 Å². The third-order valence-electron chi connectivity index (χ3n) is 6.27. The molecule has 1 saturated carbocycles. The zero-order chi connectivity index (χ0) is 21.4. The summed E-state index contributed by atoms with van der Waals surface area (Å²) in [5.74, 6) is 0.546. The van der Waals surface area contributed by atoms with E-state index in [9.17, 15) is 8.42 Å². The van der Waals surface area contributed by atoms with Gasteiger partial charge in [-0.3, -0.25) is 4.90 Å². The number of morpholine rings is 1. The van der Waals surface area contributed by atoms with Crippen LogP contribution in [0.2, 0.25) is 0 Å². The van der Waals surface area contributed by atoms with Crippen LogP contribution in [0.15, 0.2) is 29.4 Å². The number of hydrogen-bond acceptors (Lipinski definition) is 8. The molecule has 5 rings (SSSR count). The molecule has 10 heteroatoms. The van der Waals surface area contributed by atoms with E-state index >= 15 is 0 Å². The fourth-order valence-corrected chi connectivity index (χ4v) is 6.33. The molecule has 3 heterocycles. The Morgan fingerprint density at radius 3 is 2.68 bits per heavy atom. The third-order valence-corrected chi connectivity index (χ3v) is 8.76. The molecule has 166 valence electrons. The summed E-state index contributed by atoms with van der Waals surface area (Å²) in [4.78, 5) is 12.4. The zero-order valence-electron chi connectivity index (χ0n) is 17.4. The number of sulfonamides is 1. The lowest BCUT2D eigenvalue weighted by atomic mass is 9.91. The van der Waals surface area contributed by atoms with Crippen LogP contribution < -0.4 is 9.46 Å². The number of ether oxygens (including phenoxy) is 2. The average molecular weight is 463 g/mol. The highest BCUT2D eigenvalue weighted by molar-refractivity contribution is 7.89. The van der Waals surface area contributed by atoms with Crippen LogP contribution in [0, 0.1) is 0 Å². The van der Waals surface area contributed by atoms with Gasteiger partial charge in [-0.25, -0.2) is 23.1 Å². The molecule has 0 unspecified atom stereocenters. The van der Waals surface area contributed by atoms with Gasteiger partial charge in [0.1, 0.15) is 17.3 Å². The van der Waals surface area contributed by atoms with Crippen molar-refractivity contribution in [3.05, 3.63) is 24.5 Å². The fraction of sp³-hybridized carbons (Fsp3) is 0.524. The van der Waals surface area contributed by atoms with Gasteiger partial charge in [-0.2, -0.15) is 0 Å². The van der Waals surface area contributed by atoms with Crippen LogP contribution in [0.5, 0.6) is 5.88 Å². The number of rotatable bonds is 5. The summed E-state index contributed by atoms with van der Waals surface area (Å²) >= 11 is 1.52. The minimum Gasteiger partial charge on any atom is -0.474 e. The van der Waals surface area contributed by atoms with Crippen molar-refractivity contribution in [2.45, 2.75) is 42.7 Å². The van der Waals surface area contributed by atoms with E-state index in [4.69, 9.17) is 9.47 Å². The minimum absolute atomic E-state index is 0.106. The fourth-order valence-electron chi connectivity index (χ4n) is 4.56. The number of aromatic nitrogens is 2. The van der Waals surface area contributed by atoms with Gasteiger partial charge >= 0.3 is 0 Å². The largest absolute Gasteiger partial charge is 0.474 e. The van der Waals surface area contributed by atoms with Gasteiger partial charge in [0, 0.05) is 29.2 Å². The lowest BCUT2D eigenvalue weighted by molar-refractivity contribution is -0.00125. The maximum Gasteiger partial charge on any atom is 0.240 e. The Morgan fingerprint density at radius 1 is 1.16 bits per heavy atom. The van der Waals surface area contributed by atoms with Gasteiger partial charge in [-0.05, 0) is 50.9 Å². The normalized spacial score (nSPS) is 23.4. The first-order chi connectivity index (χ1) is 15.0. The molecule has 0 radical (unpaired) electrons. The summed E-state index contributed by atoms with van der Waals surface area (Å²) in [6, 6.07) is 5.73. The molecule has 3 aromatic rings. The standard InChI is InChI=1S/C21H26N4O4S2/c1-22-31(26,27)16-6-7-18-17(12-16)19-20(23-13-24-21(19)30-18)29-15-4-2-14(3-5-15)25-8-10-28-11-9-25/h6-7,12-15,22H,2-5,8-11H2,1H3. The second kappa shape index (κ2) is 8.59. The quantitative estimate of drug-likeness (QED) is 0.623. The maximum absolute atomic E-state index is 12.3. The van der Waals surface area contributed by atoms with Crippen molar-refractivity contribution in [3.8, 4) is 5.88 Å². The van der Waals surface area contributed by atoms with E-state index < -0.39 is 10.0 Å². The summed E-state index contributed by atoms with van der Waals surface area (Å²) < 4.78 is 39.8. The summed E-state index contributed by atoms with van der Waals surface area (Å²) in [6.45, 7) is 3.68. The molecule has 0 bridgehead atoms. The molecule has 31 heavy (non-hydrogen) atoms. The van der Waals surface area contributed by atoms with E-state index in [0.29, 0.717) is 11.9 Å². The third kappa shape index (κ3) is 4.14. The number of thiophene rings is 1. The van der Waals surface area contributed by atoms with Gasteiger partial charge in [-0.1, -0.05) is 0 Å². The molecule has 0 amide bonds. The van der Waals surface area contributed by atoms with Gasteiger partial charge < -0.3 is 9.47 Å². The van der Waals surface area contributed by atoms with Crippen LogP contribution in [0.4, 0.5) is 0 Å². The molecule has 1 saturated heterocycles. The predicted molar refractivity (Wildman–Crippen MR) is 120 cm³/mol. The number of nitrogens with one attached hydrogen (secondary N) is 1. The highest BCUT2D eigenvalue weighted by Gasteiger charge is 2.28. The summed E-state index contributed by atoms with van der Waals surface area (Å²) in [7, 11) is -2.12. The molecular formula is C21H26N4O4S2. The van der Waals surface area contributed by atoms with E-state index in [-0.39, 0.29) is 11.0 Å². The van der Waals surface area contributed by atoms with Gasteiger partial charge in [0.25, 0.3) is 0 Å². The molecule has 1 aliphatic heterocycles. The molecular weight excluding hydrogens is 436 g/mol. The van der Waals surface area contributed by atoms with Crippen LogP contribution in [0.1, 0.15) is 25.7 Å². The number of nitrogens with zero attached hydrogens (tertiary/aromatic N) is 3. The van der Waals surface area contributed by atoms with Crippen molar-refractivity contribution in [2.75, 3.05) is 33.4 Å². The predicted octanol–water partition coefficient (Wildman–Crippen LogP) is 2.77. The lowest BCUT2D eigenvalue weighted by Gasteiger charge is -2.38. The monoisotopic (exact) mass is 462 g/mol. The van der Waals surface area contributed by atoms with Crippen LogP contribution in [-0.4, -0.2) is 68.8 Å². The Morgan fingerprint density at radius 2 is 1.94 bits per heavy atom. The van der Waals surface area contributed by atoms with Crippen LogP contribution >= 0.6 is 11.3 Å². The van der Waals surface area contributed by atoms with Crippen molar-refractivity contribution >= 4 is 41.7 Å². The summed E-state index contributed by atoms with van der Waals surface area (Å²) in [5, 5.41) is 1.61. The van der Waals surface area contributed by atoms with Crippen molar-refractivity contribution < 1.29 is 17.9 Å². The SMILES string of the molecule is CNS(=O)(=O)c1ccc2sc3ncnc(OC4CCC(N5CCOCC5)CC4)c3c2c1. The van der Waals surface area contributed by atoms with Gasteiger partial charge in [0.15, 0.2) is 0 Å². The van der Waals surface area contributed by atoms with Gasteiger partial charge in [0.2, 0.25) is 15.9 Å². The molecule has 0 spiro atoms. The highest BCUT2D eigenvalue weighted by atomic mass is 32.2. The van der Waals surface area contributed by atoms with Gasteiger partial charge in [-0.15, -0.1) is 11.3 Å². The minimum atomic E-state index is -3.53. The lowest BCUT2D eigenvalue weighted by Crippen LogP contribution is -2.46. The maximum atomic E-state index is 12.3. The first-order valence-corrected chi connectivity index (χ1v) is 12.9. The number of fused-ring (bicyclic) bond motifs is 3. The molecule has 2 aromatic heterocycles. The van der Waals surface area contributed by atoms with E-state index in [1.54, 1.807) is 12.1 Å². The van der Waals surface area contributed by atoms with E-state index in [0.717, 1.165) is 72.3 Å². The Balaban J connectivity index is 1.40. The highest BCUT2D eigenvalue weighted by Crippen LogP contribution is 2.39. The topological polar surface area (TPSA) is 93.7 Å². The number of benzene rings is 1. The molecule has 1 N–H and O–H groups in total. The van der Waals surface area contributed by atoms with Crippen LogP contribution in [0.25, 0.3) is 20.3 Å². The molecule has 2 fully saturated rings. The average Bonchev–Trinajstić information content (AvgIpc) is 3.19. The molecule has 8 nitrogen and oxygen atoms in total. The van der Waals surface area contributed by atoms with Crippen LogP contribution in [0.3, 0.4) is 0 Å². The van der Waals surface area contributed by atoms with Crippen LogP contribution in [-0.2, 0) is 14.8 Å². The first-order valence-electron chi connectivity index (χ1n) is 10.6. The van der Waals surface area contributed by atoms with Crippen molar-refractivity contribution in [2.24, 2.45) is 0 Å².